The lowest BCUT2D eigenvalue weighted by Crippen LogP contribution is -2.35. The van der Waals surface area contributed by atoms with Crippen LogP contribution < -0.4 is 5.32 Å². The maximum atomic E-state index is 12.0. The van der Waals surface area contributed by atoms with Gasteiger partial charge in [0.25, 0.3) is 5.69 Å². The Kier molecular flexibility index (Phi) is 5.74. The van der Waals surface area contributed by atoms with Crippen molar-refractivity contribution in [2.24, 2.45) is 0 Å². The average molecular weight is 296 g/mol. The highest BCUT2D eigenvalue weighted by molar-refractivity contribution is 6.33. The highest BCUT2D eigenvalue weighted by Gasteiger charge is 2.14. The molecule has 7 heteroatoms. The largest absolute Gasteiger partial charge is 0.322 e. The van der Waals surface area contributed by atoms with Gasteiger partial charge in [-0.3, -0.25) is 10.1 Å². The number of hydrogen-bond donors (Lipinski definition) is 1. The van der Waals surface area contributed by atoms with E-state index in [-0.39, 0.29) is 16.7 Å². The van der Waals surface area contributed by atoms with Crippen molar-refractivity contribution in [3.63, 3.8) is 0 Å². The molecule has 6 nitrogen and oxygen atoms in total. The molecule has 0 saturated heterocycles. The number of carbonyl (C=O) groups excluding carboxylic acids is 1. The molecule has 0 atom stereocenters. The van der Waals surface area contributed by atoms with E-state index in [1.165, 1.54) is 23.1 Å². The van der Waals surface area contributed by atoms with E-state index >= 15 is 0 Å². The van der Waals surface area contributed by atoms with Crippen LogP contribution in [0.15, 0.2) is 43.5 Å². The lowest BCUT2D eigenvalue weighted by Gasteiger charge is -2.20. The maximum Gasteiger partial charge on any atom is 0.322 e. The lowest BCUT2D eigenvalue weighted by atomic mass is 10.3. The Morgan fingerprint density at radius 1 is 1.40 bits per heavy atom. The van der Waals surface area contributed by atoms with Crippen LogP contribution in [0, 0.1) is 10.1 Å². The first-order valence-corrected chi connectivity index (χ1v) is 6.09. The summed E-state index contributed by atoms with van der Waals surface area (Å²) in [4.78, 5) is 23.5. The number of nitrogens with zero attached hydrogens (tertiary/aromatic N) is 2. The molecule has 1 rings (SSSR count). The monoisotopic (exact) mass is 295 g/mol. The maximum absolute atomic E-state index is 12.0. The van der Waals surface area contributed by atoms with Gasteiger partial charge in [-0.15, -0.1) is 13.2 Å². The zero-order valence-corrected chi connectivity index (χ0v) is 11.5. The number of nitro benzene ring substituents is 1. The molecule has 1 aromatic rings. The van der Waals surface area contributed by atoms with Gasteiger partial charge < -0.3 is 10.2 Å². The minimum atomic E-state index is -0.556. The highest BCUT2D eigenvalue weighted by atomic mass is 35.5. The fourth-order valence-corrected chi connectivity index (χ4v) is 1.69. The summed E-state index contributed by atoms with van der Waals surface area (Å²) in [5, 5.41) is 13.3. The summed E-state index contributed by atoms with van der Waals surface area (Å²) in [5.41, 5.74) is 0.169. The Hall–Kier alpha value is -2.34. The van der Waals surface area contributed by atoms with E-state index in [9.17, 15) is 14.9 Å². The summed E-state index contributed by atoms with van der Waals surface area (Å²) >= 11 is 5.90. The molecule has 0 saturated carbocycles. The molecule has 0 aliphatic carbocycles. The van der Waals surface area contributed by atoms with E-state index in [4.69, 9.17) is 11.6 Å². The third kappa shape index (κ3) is 4.10. The lowest BCUT2D eigenvalue weighted by molar-refractivity contribution is -0.384. The Balaban J connectivity index is 2.86. The molecule has 0 aromatic heterocycles. The number of hydrogen-bond acceptors (Lipinski definition) is 3. The van der Waals surface area contributed by atoms with Crippen molar-refractivity contribution in [3.8, 4) is 0 Å². The first-order valence-electron chi connectivity index (χ1n) is 5.71. The summed E-state index contributed by atoms with van der Waals surface area (Å²) in [7, 11) is 0. The summed E-state index contributed by atoms with van der Waals surface area (Å²) in [6, 6.07) is 3.45. The zero-order valence-electron chi connectivity index (χ0n) is 10.7. The van der Waals surface area contributed by atoms with Crippen LogP contribution >= 0.6 is 11.6 Å². The van der Waals surface area contributed by atoms with Gasteiger partial charge in [0.05, 0.1) is 15.6 Å². The summed E-state index contributed by atoms with van der Waals surface area (Å²) in [5.74, 6) is 0. The Bertz CT molecular complexity index is 536. The van der Waals surface area contributed by atoms with Crippen LogP contribution in [0.4, 0.5) is 16.2 Å². The molecular formula is C13H14ClN3O3. The molecule has 0 spiro atoms. The molecule has 0 aliphatic heterocycles. The molecule has 0 heterocycles. The Morgan fingerprint density at radius 2 is 2.00 bits per heavy atom. The SMILES string of the molecule is C=CCN(CC=C)C(=O)Nc1ccc([N+](=O)[O-])cc1Cl. The number of carbonyl (C=O) groups is 1. The van der Waals surface area contributed by atoms with Gasteiger partial charge in [0, 0.05) is 25.2 Å². The number of benzene rings is 1. The van der Waals surface area contributed by atoms with Gasteiger partial charge in [-0.25, -0.2) is 4.79 Å². The van der Waals surface area contributed by atoms with Crippen LogP contribution in [-0.2, 0) is 0 Å². The second-order valence-corrected chi connectivity index (χ2v) is 4.24. The minimum absolute atomic E-state index is 0.102. The standard InChI is InChI=1S/C13H14ClN3O3/c1-3-7-16(8-4-2)13(18)15-12-6-5-10(17(19)20)9-11(12)14/h3-6,9H,1-2,7-8H2,(H,15,18). The van der Waals surface area contributed by atoms with Crippen molar-refractivity contribution < 1.29 is 9.72 Å². The number of urea groups is 1. The number of nitrogens with one attached hydrogen (secondary N) is 1. The van der Waals surface area contributed by atoms with Gasteiger partial charge in [0.2, 0.25) is 0 Å². The quantitative estimate of drug-likeness (QED) is 0.496. The van der Waals surface area contributed by atoms with Crippen molar-refractivity contribution in [2.75, 3.05) is 18.4 Å². The van der Waals surface area contributed by atoms with Crippen molar-refractivity contribution in [2.45, 2.75) is 0 Å². The first kappa shape index (κ1) is 15.7. The van der Waals surface area contributed by atoms with E-state index < -0.39 is 4.92 Å². The molecule has 20 heavy (non-hydrogen) atoms. The van der Waals surface area contributed by atoms with E-state index in [0.717, 1.165) is 0 Å². The number of anilines is 1. The van der Waals surface area contributed by atoms with Crippen molar-refractivity contribution >= 4 is 29.0 Å². The van der Waals surface area contributed by atoms with Crippen molar-refractivity contribution in [1.82, 2.24) is 4.90 Å². The van der Waals surface area contributed by atoms with E-state index in [1.807, 2.05) is 0 Å². The number of amides is 2. The smallest absolute Gasteiger partial charge is 0.317 e. The average Bonchev–Trinajstić information content (AvgIpc) is 2.40. The molecule has 1 N–H and O–H groups in total. The van der Waals surface area contributed by atoms with Crippen molar-refractivity contribution in [1.29, 1.82) is 0 Å². The van der Waals surface area contributed by atoms with E-state index in [0.29, 0.717) is 18.8 Å². The number of nitro groups is 1. The van der Waals surface area contributed by atoms with Crippen LogP contribution in [0.25, 0.3) is 0 Å². The Morgan fingerprint density at radius 3 is 2.45 bits per heavy atom. The van der Waals surface area contributed by atoms with E-state index in [1.54, 1.807) is 12.2 Å². The van der Waals surface area contributed by atoms with Gasteiger partial charge in [-0.2, -0.15) is 0 Å². The van der Waals surface area contributed by atoms with Gasteiger partial charge in [0.1, 0.15) is 0 Å². The second kappa shape index (κ2) is 7.30. The third-order valence-electron chi connectivity index (χ3n) is 2.39. The van der Waals surface area contributed by atoms with Crippen LogP contribution in [0.5, 0.6) is 0 Å². The highest BCUT2D eigenvalue weighted by Crippen LogP contribution is 2.26. The number of rotatable bonds is 6. The molecule has 2 amide bonds. The Labute approximate surface area is 121 Å². The molecule has 0 unspecified atom stereocenters. The topological polar surface area (TPSA) is 75.5 Å². The predicted octanol–water partition coefficient (Wildman–Crippen LogP) is 3.45. The molecule has 1 aromatic carbocycles. The van der Waals surface area contributed by atoms with Crippen LogP contribution in [0.2, 0.25) is 5.02 Å². The third-order valence-corrected chi connectivity index (χ3v) is 2.70. The summed E-state index contributed by atoms with van der Waals surface area (Å²) in [6.45, 7) is 7.83. The van der Waals surface area contributed by atoms with Gasteiger partial charge in [0.15, 0.2) is 0 Å². The fourth-order valence-electron chi connectivity index (χ4n) is 1.47. The minimum Gasteiger partial charge on any atom is -0.317 e. The molecule has 0 radical (unpaired) electrons. The van der Waals surface area contributed by atoms with Crippen LogP contribution in [0.3, 0.4) is 0 Å². The van der Waals surface area contributed by atoms with Crippen LogP contribution in [0.1, 0.15) is 0 Å². The number of halogens is 1. The molecule has 106 valence electrons. The molecule has 0 fully saturated rings. The summed E-state index contributed by atoms with van der Waals surface area (Å²) < 4.78 is 0. The second-order valence-electron chi connectivity index (χ2n) is 3.83. The molecular weight excluding hydrogens is 282 g/mol. The van der Waals surface area contributed by atoms with Crippen LogP contribution in [-0.4, -0.2) is 28.9 Å². The van der Waals surface area contributed by atoms with Gasteiger partial charge >= 0.3 is 6.03 Å². The zero-order chi connectivity index (χ0) is 15.1. The van der Waals surface area contributed by atoms with E-state index in [2.05, 4.69) is 18.5 Å². The fraction of sp³-hybridized carbons (Fsp3) is 0.154. The predicted molar refractivity (Wildman–Crippen MR) is 79.1 cm³/mol. The summed E-state index contributed by atoms with van der Waals surface area (Å²) in [6.07, 6.45) is 3.17. The molecule has 0 aliphatic rings. The molecule has 0 bridgehead atoms. The normalized spacial score (nSPS) is 9.65. The first-order chi connectivity index (χ1) is 9.49. The van der Waals surface area contributed by atoms with Gasteiger partial charge in [-0.1, -0.05) is 23.8 Å². The number of non-ortho nitro benzene ring substituents is 1. The van der Waals surface area contributed by atoms with Gasteiger partial charge in [-0.05, 0) is 6.07 Å². The van der Waals surface area contributed by atoms with Crippen molar-refractivity contribution in [3.05, 3.63) is 58.6 Å².